The number of anilines is 3. The number of hydrogen-bond donors (Lipinski definition) is 1. The number of nitrogens with zero attached hydrogens (tertiary/aromatic N) is 3. The molecular weight excluding hydrogens is 939 g/mol. The maximum Gasteiger partial charge on any atom is 0.0694 e. The Balaban J connectivity index is 1.15. The molecule has 2 aromatic heterocycles. The Morgan fingerprint density at radius 2 is 0.750 bits per heavy atom. The first-order valence-corrected chi connectivity index (χ1v) is 28.5. The van der Waals surface area contributed by atoms with Gasteiger partial charge >= 0.3 is 0 Å². The van der Waals surface area contributed by atoms with Crippen LogP contribution in [0.25, 0.3) is 109 Å². The number of rotatable bonds is 3. The molecule has 4 heterocycles. The van der Waals surface area contributed by atoms with Crippen LogP contribution in [0.3, 0.4) is 0 Å². The van der Waals surface area contributed by atoms with Gasteiger partial charge in [-0.3, -0.25) is 0 Å². The molecule has 2 aliphatic rings. The lowest BCUT2D eigenvalue weighted by Gasteiger charge is -2.40. The second-order valence-electron chi connectivity index (χ2n) is 24.5. The van der Waals surface area contributed by atoms with Gasteiger partial charge in [-0.25, -0.2) is 0 Å². The molecule has 0 bridgehead atoms. The van der Waals surface area contributed by atoms with Crippen molar-refractivity contribution in [3.63, 3.8) is 0 Å². The molecular formula is C72H59N3S. The van der Waals surface area contributed by atoms with E-state index in [1.54, 1.807) is 0 Å². The van der Waals surface area contributed by atoms with Crippen molar-refractivity contribution in [3.8, 4) is 11.4 Å². The lowest BCUT2D eigenvalue weighted by Crippen LogP contribution is -2.16. The summed E-state index contributed by atoms with van der Waals surface area (Å²) in [6.07, 6.45) is 0. The molecule has 3 nitrogen and oxygen atoms in total. The van der Waals surface area contributed by atoms with E-state index in [2.05, 4.69) is 253 Å². The minimum Gasteiger partial charge on any atom is -0.310 e. The highest BCUT2D eigenvalue weighted by Gasteiger charge is 2.41. The van der Waals surface area contributed by atoms with E-state index in [0.29, 0.717) is 0 Å². The van der Waals surface area contributed by atoms with Gasteiger partial charge in [0.1, 0.15) is 0 Å². The highest BCUT2D eigenvalue weighted by atomic mass is 32.2. The first-order chi connectivity index (χ1) is 36.6. The zero-order valence-electron chi connectivity index (χ0n) is 45.0. The molecule has 4 heteroatoms. The van der Waals surface area contributed by atoms with Gasteiger partial charge < -0.3 is 14.0 Å². The molecule has 16 rings (SSSR count). The maximum atomic E-state index is 2.74. The third kappa shape index (κ3) is 5.75. The van der Waals surface area contributed by atoms with Crippen LogP contribution in [0.4, 0.5) is 17.1 Å². The highest BCUT2D eigenvalue weighted by molar-refractivity contribution is 8.17. The summed E-state index contributed by atoms with van der Waals surface area (Å²) in [5.41, 5.74) is 19.3. The van der Waals surface area contributed by atoms with Gasteiger partial charge in [0.25, 0.3) is 0 Å². The molecule has 0 amide bonds. The summed E-state index contributed by atoms with van der Waals surface area (Å²) in [7, 11) is -1.05. The van der Waals surface area contributed by atoms with Crippen molar-refractivity contribution < 1.29 is 0 Å². The van der Waals surface area contributed by atoms with Crippen molar-refractivity contribution in [3.05, 3.63) is 203 Å². The second-order valence-corrected chi connectivity index (χ2v) is 26.6. The van der Waals surface area contributed by atoms with Gasteiger partial charge in [-0.1, -0.05) is 138 Å². The van der Waals surface area contributed by atoms with E-state index in [1.807, 2.05) is 0 Å². The minimum atomic E-state index is -1.05. The van der Waals surface area contributed by atoms with E-state index < -0.39 is 10.9 Å². The first kappa shape index (κ1) is 44.3. The fraction of sp³-hybridized carbons (Fsp3) is 0.167. The molecule has 0 radical (unpaired) electrons. The van der Waals surface area contributed by atoms with Gasteiger partial charge in [0.15, 0.2) is 0 Å². The van der Waals surface area contributed by atoms with Gasteiger partial charge in [-0.2, -0.15) is 10.9 Å². The summed E-state index contributed by atoms with van der Waals surface area (Å²) < 4.78 is 5.47. The van der Waals surface area contributed by atoms with Crippen LogP contribution in [-0.4, -0.2) is 9.13 Å². The van der Waals surface area contributed by atoms with E-state index >= 15 is 0 Å². The van der Waals surface area contributed by atoms with Crippen molar-refractivity contribution in [1.29, 1.82) is 0 Å². The quantitative estimate of drug-likeness (QED) is 0.106. The Morgan fingerprint density at radius 1 is 0.342 bits per heavy atom. The van der Waals surface area contributed by atoms with Crippen molar-refractivity contribution in [2.45, 2.75) is 94.8 Å². The molecule has 14 aromatic rings. The number of benzene rings is 12. The topological polar surface area (TPSA) is 13.1 Å². The van der Waals surface area contributed by atoms with E-state index in [9.17, 15) is 0 Å². The Labute approximate surface area is 446 Å². The predicted octanol–water partition coefficient (Wildman–Crippen LogP) is 20.5. The van der Waals surface area contributed by atoms with Crippen molar-refractivity contribution in [1.82, 2.24) is 9.13 Å². The van der Waals surface area contributed by atoms with Gasteiger partial charge in [-0.05, 0) is 183 Å². The zero-order chi connectivity index (χ0) is 51.6. The Hall–Kier alpha value is -8.05. The van der Waals surface area contributed by atoms with E-state index in [-0.39, 0.29) is 10.8 Å². The molecule has 76 heavy (non-hydrogen) atoms. The average molecular weight is 998 g/mol. The van der Waals surface area contributed by atoms with Gasteiger partial charge in [0.05, 0.1) is 33.4 Å². The second kappa shape index (κ2) is 14.9. The summed E-state index contributed by atoms with van der Waals surface area (Å²) >= 11 is 0. The summed E-state index contributed by atoms with van der Waals surface area (Å²) in [5.74, 6) is 0. The van der Waals surface area contributed by atoms with Crippen LogP contribution >= 0.6 is 10.9 Å². The molecule has 0 fully saturated rings. The van der Waals surface area contributed by atoms with Crippen LogP contribution in [0.2, 0.25) is 0 Å². The highest BCUT2D eigenvalue weighted by Crippen LogP contribution is 2.69. The molecule has 12 aromatic carbocycles. The van der Waals surface area contributed by atoms with Gasteiger partial charge in [0, 0.05) is 69.5 Å². The number of fused-ring (bicyclic) bond motifs is 18. The summed E-state index contributed by atoms with van der Waals surface area (Å²) in [5, 5.41) is 18.4. The van der Waals surface area contributed by atoms with Crippen LogP contribution in [0.1, 0.15) is 74.9 Å². The van der Waals surface area contributed by atoms with Crippen LogP contribution in [-0.2, 0) is 10.8 Å². The monoisotopic (exact) mass is 997 g/mol. The minimum absolute atomic E-state index is 0.0310. The molecule has 2 aliphatic heterocycles. The van der Waals surface area contributed by atoms with Gasteiger partial charge in [0.2, 0.25) is 0 Å². The number of thiol groups is 1. The van der Waals surface area contributed by atoms with Crippen LogP contribution in [0.5, 0.6) is 0 Å². The Kier molecular flexibility index (Phi) is 8.66. The molecule has 0 spiro atoms. The Bertz CT molecular complexity index is 4610. The number of aromatic nitrogens is 2. The molecule has 0 N–H and O–H groups in total. The third-order valence-electron chi connectivity index (χ3n) is 17.4. The average Bonchev–Trinajstić information content (AvgIpc) is 3.43. The standard InChI is InChI=1S/C72H59N3S/c1-39-19-29-58-52(31-39)56-33-41(3)35-60-66(56)74(58)68-63-50-17-13-11-15-48(50)54-37-47(73(45-25-21-43(22-26-45)71(5,6)7)46-27-23-44(24-28-46)72(8,9)10)38-55-49-16-12-14-18-51(49)64(65(63)62(54)55)69-70(68)76(60)61-36-42(4)34-57-53-32-40(2)20-30-59(53)75(69)67(57)61/h11-38,76H,1-10H3. The van der Waals surface area contributed by atoms with Crippen molar-refractivity contribution in [2.75, 3.05) is 4.90 Å². The lowest BCUT2D eigenvalue weighted by atomic mass is 9.84. The number of aryl methyl sites for hydroxylation is 4. The van der Waals surface area contributed by atoms with Gasteiger partial charge in [-0.15, -0.1) is 0 Å². The smallest absolute Gasteiger partial charge is 0.0694 e. The normalized spacial score (nSPS) is 13.8. The summed E-state index contributed by atoms with van der Waals surface area (Å²) in [6, 6.07) is 66.9. The largest absolute Gasteiger partial charge is 0.310 e. The van der Waals surface area contributed by atoms with E-state index in [1.165, 1.54) is 157 Å². The lowest BCUT2D eigenvalue weighted by molar-refractivity contribution is 0.590. The van der Waals surface area contributed by atoms with E-state index in [4.69, 9.17) is 0 Å². The van der Waals surface area contributed by atoms with Crippen LogP contribution in [0.15, 0.2) is 185 Å². The first-order valence-electron chi connectivity index (χ1n) is 27.2. The molecule has 0 aliphatic carbocycles. The molecule has 0 atom stereocenters. The molecule has 0 unspecified atom stereocenters. The zero-order valence-corrected chi connectivity index (χ0v) is 45.8. The summed E-state index contributed by atoms with van der Waals surface area (Å²) in [6.45, 7) is 22.9. The maximum absolute atomic E-state index is 2.74. The summed E-state index contributed by atoms with van der Waals surface area (Å²) in [4.78, 5) is 6.90. The Morgan fingerprint density at radius 3 is 1.17 bits per heavy atom. The van der Waals surface area contributed by atoms with Crippen molar-refractivity contribution >= 4 is 125 Å². The SMILES string of the molecule is Cc1ccc2c(c1)c1cc(C)cc3c1n2-c1c2c(c4c5ccccc5c5cc(N(c6ccc(C(C)(C)C)cc6)c6ccc(C(C)(C)C)cc6)cc6c7ccccc7c1c4c65)-n1c4ccc(C)cc4c4cc(C)cc(c41)[SH]23. The molecule has 0 saturated carbocycles. The van der Waals surface area contributed by atoms with Crippen LogP contribution in [0, 0.1) is 27.7 Å². The molecule has 368 valence electrons. The van der Waals surface area contributed by atoms with Crippen molar-refractivity contribution in [2.24, 2.45) is 0 Å². The fourth-order valence-electron chi connectivity index (χ4n) is 14.1. The predicted molar refractivity (Wildman–Crippen MR) is 329 cm³/mol. The fourth-order valence-corrected chi connectivity index (χ4v) is 17.2. The third-order valence-corrected chi connectivity index (χ3v) is 20.0. The molecule has 0 saturated heterocycles. The number of hydrogen-bond acceptors (Lipinski definition) is 1. The van der Waals surface area contributed by atoms with E-state index in [0.717, 1.165) is 17.1 Å². The van der Waals surface area contributed by atoms with Crippen LogP contribution < -0.4 is 4.90 Å².